The predicted molar refractivity (Wildman–Crippen MR) is 97.0 cm³/mol. The lowest BCUT2D eigenvalue weighted by Crippen LogP contribution is -2.24. The third kappa shape index (κ3) is 4.57. The number of hydrogen-bond donors (Lipinski definition) is 1. The van der Waals surface area contributed by atoms with Gasteiger partial charge in [0.1, 0.15) is 11.3 Å². The molecular formula is C20H19NO5. The van der Waals surface area contributed by atoms with Crippen LogP contribution < -0.4 is 10.5 Å². The van der Waals surface area contributed by atoms with E-state index in [2.05, 4.69) is 6.58 Å². The van der Waals surface area contributed by atoms with Crippen molar-refractivity contribution in [3.8, 4) is 5.75 Å². The minimum Gasteiger partial charge on any atom is -0.462 e. The minimum absolute atomic E-state index is 0.112. The van der Waals surface area contributed by atoms with Crippen molar-refractivity contribution in [2.75, 3.05) is 12.3 Å². The van der Waals surface area contributed by atoms with Gasteiger partial charge in [-0.15, -0.1) is 0 Å². The Balaban J connectivity index is 0.000000187. The quantitative estimate of drug-likeness (QED) is 0.299. The van der Waals surface area contributed by atoms with Gasteiger partial charge in [-0.3, -0.25) is 4.79 Å². The van der Waals surface area contributed by atoms with Gasteiger partial charge in [0.15, 0.2) is 0 Å². The molecule has 0 aromatic heterocycles. The summed E-state index contributed by atoms with van der Waals surface area (Å²) in [5.74, 6) is -0.998. The molecule has 26 heavy (non-hydrogen) atoms. The molecular weight excluding hydrogens is 334 g/mol. The Bertz CT molecular complexity index is 840. The van der Waals surface area contributed by atoms with Crippen molar-refractivity contribution < 1.29 is 23.9 Å². The van der Waals surface area contributed by atoms with Gasteiger partial charge < -0.3 is 15.2 Å². The number of fused-ring (bicyclic) bond motifs is 1. The summed E-state index contributed by atoms with van der Waals surface area (Å²) >= 11 is 0. The molecule has 0 amide bonds. The van der Waals surface area contributed by atoms with Gasteiger partial charge in [-0.2, -0.15) is 0 Å². The predicted octanol–water partition coefficient (Wildman–Crippen LogP) is 3.18. The molecule has 2 aromatic carbocycles. The van der Waals surface area contributed by atoms with Gasteiger partial charge in [-0.25, -0.2) is 9.59 Å². The molecule has 0 fully saturated rings. The number of hydrogen-bond acceptors (Lipinski definition) is 6. The fourth-order valence-corrected chi connectivity index (χ4v) is 2.06. The van der Waals surface area contributed by atoms with E-state index in [0.717, 1.165) is 6.42 Å². The molecule has 2 aromatic rings. The highest BCUT2D eigenvalue weighted by Gasteiger charge is 2.28. The van der Waals surface area contributed by atoms with Crippen LogP contribution in [0.25, 0.3) is 0 Å². The Kier molecular flexibility index (Phi) is 6.27. The molecule has 0 spiro atoms. The zero-order chi connectivity index (χ0) is 19.1. The summed E-state index contributed by atoms with van der Waals surface area (Å²) in [4.78, 5) is 33.7. The van der Waals surface area contributed by atoms with Crippen LogP contribution in [0.15, 0.2) is 60.7 Å². The first kappa shape index (κ1) is 18.9. The van der Waals surface area contributed by atoms with E-state index in [1.54, 1.807) is 48.5 Å². The average molecular weight is 353 g/mol. The molecule has 134 valence electrons. The van der Waals surface area contributed by atoms with Gasteiger partial charge in [-0.1, -0.05) is 25.6 Å². The number of ether oxygens (including phenoxy) is 2. The molecule has 1 heterocycles. The first-order chi connectivity index (χ1) is 12.4. The number of benzene rings is 2. The Morgan fingerprint density at radius 3 is 2.42 bits per heavy atom. The fourth-order valence-electron chi connectivity index (χ4n) is 2.06. The maximum absolute atomic E-state index is 11.4. The minimum atomic E-state index is -0.663. The van der Waals surface area contributed by atoms with Crippen molar-refractivity contribution in [1.82, 2.24) is 0 Å². The zero-order valence-electron chi connectivity index (χ0n) is 14.4. The molecule has 0 bridgehead atoms. The van der Waals surface area contributed by atoms with Crippen molar-refractivity contribution in [3.05, 3.63) is 71.8 Å². The smallest absolute Gasteiger partial charge is 0.346 e. The van der Waals surface area contributed by atoms with E-state index in [-0.39, 0.29) is 17.3 Å². The normalized spacial score (nSPS) is 12.4. The van der Waals surface area contributed by atoms with E-state index in [1.165, 1.54) is 0 Å². The Hall–Kier alpha value is -3.41. The molecule has 6 heteroatoms. The molecule has 3 rings (SSSR count). The Morgan fingerprint density at radius 2 is 1.77 bits per heavy atom. The van der Waals surface area contributed by atoms with Crippen LogP contribution in [0.1, 0.15) is 34.1 Å². The number of ketones is 1. The number of carbonyl (C=O) groups excluding carboxylic acids is 3. The third-order valence-corrected chi connectivity index (χ3v) is 3.44. The second-order valence-corrected chi connectivity index (χ2v) is 5.45. The highest BCUT2D eigenvalue weighted by Crippen LogP contribution is 2.26. The lowest BCUT2D eigenvalue weighted by molar-refractivity contribution is -0.130. The summed E-state index contributed by atoms with van der Waals surface area (Å²) in [7, 11) is 0. The van der Waals surface area contributed by atoms with E-state index in [1.807, 2.05) is 6.92 Å². The van der Waals surface area contributed by atoms with Crippen LogP contribution in [0, 0.1) is 0 Å². The van der Waals surface area contributed by atoms with Crippen molar-refractivity contribution >= 4 is 23.4 Å². The number of nitrogens with two attached hydrogens (primary N) is 1. The summed E-state index contributed by atoms with van der Waals surface area (Å²) in [5.41, 5.74) is 6.95. The molecule has 1 aliphatic rings. The molecule has 1 aliphatic heterocycles. The van der Waals surface area contributed by atoms with Crippen LogP contribution in [-0.2, 0) is 9.53 Å². The van der Waals surface area contributed by atoms with Gasteiger partial charge in [0.2, 0.25) is 5.78 Å². The van der Waals surface area contributed by atoms with Gasteiger partial charge in [0.25, 0.3) is 0 Å². The van der Waals surface area contributed by atoms with E-state index in [0.29, 0.717) is 29.2 Å². The number of anilines is 1. The van der Waals surface area contributed by atoms with Crippen LogP contribution in [0.5, 0.6) is 5.75 Å². The molecule has 0 unspecified atom stereocenters. The van der Waals surface area contributed by atoms with Crippen LogP contribution in [0.4, 0.5) is 5.69 Å². The largest absolute Gasteiger partial charge is 0.462 e. The topological polar surface area (TPSA) is 95.7 Å². The van der Waals surface area contributed by atoms with Crippen LogP contribution >= 0.6 is 0 Å². The summed E-state index contributed by atoms with van der Waals surface area (Å²) in [6.45, 7) is 5.77. The lowest BCUT2D eigenvalue weighted by Gasteiger charge is -2.14. The van der Waals surface area contributed by atoms with Gasteiger partial charge in [0, 0.05) is 5.69 Å². The Labute approximate surface area is 151 Å². The molecule has 6 nitrogen and oxygen atoms in total. The number of nitrogen functional groups attached to an aromatic ring is 1. The second kappa shape index (κ2) is 8.62. The second-order valence-electron chi connectivity index (χ2n) is 5.45. The molecule has 0 radical (unpaired) electrons. The standard InChI is InChI=1S/C10H13NO2.C10H6O3/c1-2-7-13-10(12)8-3-5-9(11)6-4-8;1-6-9(11)7-4-2-3-5-8(7)13-10(6)12/h3-6H,2,7,11H2,1H3;2-5H,1H2. The fraction of sp³-hybridized carbons (Fsp3) is 0.150. The van der Waals surface area contributed by atoms with Crippen LogP contribution in [0.2, 0.25) is 0 Å². The number of Topliss-reactive ketones (excluding diaryl/α,β-unsaturated/α-hetero) is 1. The summed E-state index contributed by atoms with van der Waals surface area (Å²) in [6, 6.07) is 13.3. The van der Waals surface area contributed by atoms with Crippen LogP contribution in [-0.4, -0.2) is 24.3 Å². The maximum Gasteiger partial charge on any atom is 0.346 e. The average Bonchev–Trinajstić information content (AvgIpc) is 2.65. The van der Waals surface area contributed by atoms with Crippen molar-refractivity contribution in [2.24, 2.45) is 0 Å². The molecule has 0 saturated carbocycles. The maximum atomic E-state index is 11.4. The Morgan fingerprint density at radius 1 is 1.12 bits per heavy atom. The third-order valence-electron chi connectivity index (χ3n) is 3.44. The number of carbonyl (C=O) groups is 3. The molecule has 0 saturated heterocycles. The van der Waals surface area contributed by atoms with Gasteiger partial charge >= 0.3 is 11.9 Å². The number of rotatable bonds is 3. The summed E-state index contributed by atoms with van der Waals surface area (Å²) in [6.07, 6.45) is 0.834. The summed E-state index contributed by atoms with van der Waals surface area (Å²) < 4.78 is 9.79. The van der Waals surface area contributed by atoms with Crippen LogP contribution in [0.3, 0.4) is 0 Å². The first-order valence-corrected chi connectivity index (χ1v) is 8.01. The monoisotopic (exact) mass is 353 g/mol. The summed E-state index contributed by atoms with van der Waals surface area (Å²) in [5, 5.41) is 0. The highest BCUT2D eigenvalue weighted by molar-refractivity contribution is 6.27. The van der Waals surface area contributed by atoms with Crippen molar-refractivity contribution in [3.63, 3.8) is 0 Å². The highest BCUT2D eigenvalue weighted by atomic mass is 16.5. The van der Waals surface area contributed by atoms with Crippen molar-refractivity contribution in [1.29, 1.82) is 0 Å². The molecule has 2 N–H and O–H groups in total. The molecule has 0 aliphatic carbocycles. The number of esters is 2. The van der Waals surface area contributed by atoms with E-state index >= 15 is 0 Å². The SMILES string of the molecule is C=C1C(=O)Oc2ccccc2C1=O.CCCOC(=O)c1ccc(N)cc1. The van der Waals surface area contributed by atoms with Gasteiger partial charge in [-0.05, 0) is 42.8 Å². The van der Waals surface area contributed by atoms with Crippen molar-refractivity contribution in [2.45, 2.75) is 13.3 Å². The number of para-hydroxylation sites is 1. The zero-order valence-corrected chi connectivity index (χ0v) is 14.4. The van der Waals surface area contributed by atoms with E-state index in [9.17, 15) is 14.4 Å². The van der Waals surface area contributed by atoms with Gasteiger partial charge in [0.05, 0.1) is 17.7 Å². The first-order valence-electron chi connectivity index (χ1n) is 8.01. The van der Waals surface area contributed by atoms with E-state index < -0.39 is 5.97 Å². The lowest BCUT2D eigenvalue weighted by atomic mass is 10.0. The van der Waals surface area contributed by atoms with E-state index in [4.69, 9.17) is 15.2 Å². The molecule has 0 atom stereocenters.